The van der Waals surface area contributed by atoms with Crippen molar-refractivity contribution in [2.45, 2.75) is 6.61 Å². The lowest BCUT2D eigenvalue weighted by atomic mass is 10.1. The summed E-state index contributed by atoms with van der Waals surface area (Å²) in [5, 5.41) is 5.17. The average Bonchev–Trinajstić information content (AvgIpc) is 2.74. The maximum Gasteiger partial charge on any atom is 0.359 e. The van der Waals surface area contributed by atoms with Gasteiger partial charge >= 0.3 is 5.97 Å². The molecule has 6 nitrogen and oxygen atoms in total. The Labute approximate surface area is 154 Å². The third-order valence-corrected chi connectivity index (χ3v) is 4.09. The predicted octanol–water partition coefficient (Wildman–Crippen LogP) is 3.14. The first kappa shape index (κ1) is 16.7. The molecule has 0 bridgehead atoms. The molecule has 0 spiro atoms. The number of carbonyl (C=O) groups is 1. The molecule has 6 heteroatoms. The Morgan fingerprint density at radius 1 is 0.926 bits per heavy atom. The minimum Gasteiger partial charge on any atom is -0.456 e. The largest absolute Gasteiger partial charge is 0.456 e. The summed E-state index contributed by atoms with van der Waals surface area (Å²) in [5.41, 5.74) is 1.15. The lowest BCUT2D eigenvalue weighted by Gasteiger charge is -2.11. The second kappa shape index (κ2) is 7.21. The van der Waals surface area contributed by atoms with Crippen LogP contribution in [0.3, 0.4) is 0 Å². The summed E-state index contributed by atoms with van der Waals surface area (Å²) >= 11 is 0. The predicted molar refractivity (Wildman–Crippen MR) is 101 cm³/mol. The van der Waals surface area contributed by atoms with Gasteiger partial charge in [-0.05, 0) is 24.3 Å². The van der Waals surface area contributed by atoms with Crippen molar-refractivity contribution < 1.29 is 9.53 Å². The van der Waals surface area contributed by atoms with Crippen LogP contribution in [0.5, 0.6) is 0 Å². The standard InChI is InChI=1S/C21H15N3O3/c25-20-18-11-5-4-10-17(18)19(23-24(20)16-8-2-1-3-9-16)21(26)27-14-15-7-6-12-22-13-15/h1-13H,14H2. The molecule has 0 amide bonds. The van der Waals surface area contributed by atoms with E-state index in [0.29, 0.717) is 16.5 Å². The second-order valence-corrected chi connectivity index (χ2v) is 5.88. The highest BCUT2D eigenvalue weighted by molar-refractivity contribution is 6.02. The first-order valence-corrected chi connectivity index (χ1v) is 8.37. The average molecular weight is 357 g/mol. The van der Waals surface area contributed by atoms with Crippen LogP contribution in [0, 0.1) is 0 Å². The van der Waals surface area contributed by atoms with Gasteiger partial charge < -0.3 is 4.74 Å². The Hall–Kier alpha value is -3.80. The first-order chi connectivity index (χ1) is 13.2. The SMILES string of the molecule is O=C(OCc1cccnc1)c1nn(-c2ccccc2)c(=O)c2ccccc12. The fraction of sp³-hybridized carbons (Fsp3) is 0.0476. The molecule has 0 aliphatic rings. The van der Waals surface area contributed by atoms with Gasteiger partial charge in [-0.15, -0.1) is 0 Å². The Kier molecular flexibility index (Phi) is 4.45. The van der Waals surface area contributed by atoms with Crippen molar-refractivity contribution in [3.63, 3.8) is 0 Å². The van der Waals surface area contributed by atoms with E-state index >= 15 is 0 Å². The molecule has 0 fully saturated rings. The summed E-state index contributed by atoms with van der Waals surface area (Å²) in [6.45, 7) is 0.0765. The van der Waals surface area contributed by atoms with Gasteiger partial charge in [0.15, 0.2) is 5.69 Å². The molecule has 2 heterocycles. The summed E-state index contributed by atoms with van der Waals surface area (Å²) in [7, 11) is 0. The zero-order valence-corrected chi connectivity index (χ0v) is 14.3. The van der Waals surface area contributed by atoms with E-state index in [1.54, 1.807) is 67.0 Å². The number of ether oxygens (including phenoxy) is 1. The minimum absolute atomic E-state index is 0.0765. The number of hydrogen-bond donors (Lipinski definition) is 0. The quantitative estimate of drug-likeness (QED) is 0.525. The van der Waals surface area contributed by atoms with Gasteiger partial charge in [-0.25, -0.2) is 4.79 Å². The van der Waals surface area contributed by atoms with Crippen LogP contribution in [-0.2, 0) is 11.3 Å². The molecular weight excluding hydrogens is 342 g/mol. The summed E-state index contributed by atoms with van der Waals surface area (Å²) in [6, 6.07) is 19.4. The van der Waals surface area contributed by atoms with Gasteiger partial charge in [0.1, 0.15) is 6.61 Å². The van der Waals surface area contributed by atoms with Crippen LogP contribution in [0.1, 0.15) is 16.1 Å². The van der Waals surface area contributed by atoms with E-state index in [0.717, 1.165) is 5.56 Å². The van der Waals surface area contributed by atoms with Crippen LogP contribution in [-0.4, -0.2) is 20.7 Å². The number of pyridine rings is 1. The van der Waals surface area contributed by atoms with Gasteiger partial charge in [-0.1, -0.05) is 42.5 Å². The number of carbonyl (C=O) groups excluding carboxylic acids is 1. The Morgan fingerprint density at radius 3 is 2.41 bits per heavy atom. The summed E-state index contributed by atoms with van der Waals surface area (Å²) in [5.74, 6) is -0.597. The van der Waals surface area contributed by atoms with Crippen molar-refractivity contribution in [3.05, 3.63) is 101 Å². The van der Waals surface area contributed by atoms with Crippen molar-refractivity contribution in [3.8, 4) is 5.69 Å². The number of esters is 1. The van der Waals surface area contributed by atoms with Gasteiger partial charge in [0.25, 0.3) is 5.56 Å². The number of nitrogens with zero attached hydrogens (tertiary/aromatic N) is 3. The molecule has 0 aliphatic carbocycles. The zero-order chi connectivity index (χ0) is 18.6. The highest BCUT2D eigenvalue weighted by Gasteiger charge is 2.18. The molecule has 0 radical (unpaired) electrons. The van der Waals surface area contributed by atoms with Crippen LogP contribution < -0.4 is 5.56 Å². The summed E-state index contributed by atoms with van der Waals surface area (Å²) in [6.07, 6.45) is 3.28. The van der Waals surface area contributed by atoms with Crippen LogP contribution in [0.25, 0.3) is 16.5 Å². The first-order valence-electron chi connectivity index (χ1n) is 8.37. The van der Waals surface area contributed by atoms with E-state index in [1.807, 2.05) is 12.1 Å². The Bertz CT molecular complexity index is 1160. The van der Waals surface area contributed by atoms with E-state index in [9.17, 15) is 9.59 Å². The van der Waals surface area contributed by atoms with Gasteiger partial charge in [-0.2, -0.15) is 9.78 Å². The van der Waals surface area contributed by atoms with E-state index in [2.05, 4.69) is 10.1 Å². The molecular formula is C21H15N3O3. The van der Waals surface area contributed by atoms with Crippen LogP contribution in [0.15, 0.2) is 83.9 Å². The molecule has 0 saturated heterocycles. The Morgan fingerprint density at radius 2 is 1.67 bits per heavy atom. The van der Waals surface area contributed by atoms with Crippen molar-refractivity contribution in [2.75, 3.05) is 0 Å². The molecule has 27 heavy (non-hydrogen) atoms. The van der Waals surface area contributed by atoms with Gasteiger partial charge in [0.2, 0.25) is 0 Å². The number of benzene rings is 2. The molecule has 4 rings (SSSR count). The monoisotopic (exact) mass is 357 g/mol. The molecule has 2 aromatic carbocycles. The minimum atomic E-state index is -0.597. The van der Waals surface area contributed by atoms with E-state index in [-0.39, 0.29) is 17.9 Å². The fourth-order valence-electron chi connectivity index (χ4n) is 2.79. The molecule has 4 aromatic rings. The number of para-hydroxylation sites is 1. The third-order valence-electron chi connectivity index (χ3n) is 4.09. The van der Waals surface area contributed by atoms with Crippen molar-refractivity contribution in [1.82, 2.24) is 14.8 Å². The normalized spacial score (nSPS) is 10.7. The van der Waals surface area contributed by atoms with Crippen LogP contribution in [0.4, 0.5) is 0 Å². The van der Waals surface area contributed by atoms with Crippen LogP contribution >= 0.6 is 0 Å². The highest BCUT2D eigenvalue weighted by atomic mass is 16.5. The molecule has 0 atom stereocenters. The van der Waals surface area contributed by atoms with Crippen LogP contribution in [0.2, 0.25) is 0 Å². The van der Waals surface area contributed by atoms with E-state index in [4.69, 9.17) is 4.74 Å². The molecule has 2 aromatic heterocycles. The van der Waals surface area contributed by atoms with Gasteiger partial charge in [0.05, 0.1) is 11.1 Å². The summed E-state index contributed by atoms with van der Waals surface area (Å²) in [4.78, 5) is 29.5. The van der Waals surface area contributed by atoms with Crippen molar-refractivity contribution >= 4 is 16.7 Å². The third kappa shape index (κ3) is 3.32. The van der Waals surface area contributed by atoms with Crippen molar-refractivity contribution in [2.24, 2.45) is 0 Å². The lowest BCUT2D eigenvalue weighted by molar-refractivity contribution is 0.0466. The van der Waals surface area contributed by atoms with Crippen molar-refractivity contribution in [1.29, 1.82) is 0 Å². The van der Waals surface area contributed by atoms with Gasteiger partial charge in [0, 0.05) is 23.3 Å². The van der Waals surface area contributed by atoms with E-state index < -0.39 is 5.97 Å². The smallest absolute Gasteiger partial charge is 0.359 e. The van der Waals surface area contributed by atoms with Gasteiger partial charge in [-0.3, -0.25) is 9.78 Å². The topological polar surface area (TPSA) is 74.1 Å². The summed E-state index contributed by atoms with van der Waals surface area (Å²) < 4.78 is 6.62. The molecule has 0 aliphatic heterocycles. The molecule has 0 saturated carbocycles. The zero-order valence-electron chi connectivity index (χ0n) is 14.3. The van der Waals surface area contributed by atoms with E-state index in [1.165, 1.54) is 4.68 Å². The Balaban J connectivity index is 1.78. The maximum atomic E-state index is 12.8. The number of hydrogen-bond acceptors (Lipinski definition) is 5. The number of fused-ring (bicyclic) bond motifs is 1. The number of rotatable bonds is 4. The lowest BCUT2D eigenvalue weighted by Crippen LogP contribution is -2.25. The fourth-order valence-corrected chi connectivity index (χ4v) is 2.79. The molecule has 0 N–H and O–H groups in total. The molecule has 0 unspecified atom stereocenters. The second-order valence-electron chi connectivity index (χ2n) is 5.88. The molecule has 132 valence electrons. The number of aromatic nitrogens is 3. The maximum absolute atomic E-state index is 12.8. The highest BCUT2D eigenvalue weighted by Crippen LogP contribution is 2.16.